The summed E-state index contributed by atoms with van der Waals surface area (Å²) in [5.41, 5.74) is 0. The van der Waals surface area contributed by atoms with Crippen LogP contribution in [0.25, 0.3) is 0 Å². The highest BCUT2D eigenvalue weighted by Crippen LogP contribution is 2.38. The van der Waals surface area contributed by atoms with Gasteiger partial charge in [-0.1, -0.05) is 0 Å². The van der Waals surface area contributed by atoms with E-state index >= 15 is 0 Å². The fourth-order valence-corrected chi connectivity index (χ4v) is 1.09. The molecule has 0 saturated heterocycles. The SMILES string of the molecule is OCCC(I)=CC(F)(F)C(F)(F)F. The minimum absolute atomic E-state index is 0.191. The number of hydrogen-bond donors (Lipinski definition) is 1. The molecule has 0 saturated carbocycles. The van der Waals surface area contributed by atoms with Crippen molar-refractivity contribution in [2.24, 2.45) is 0 Å². The van der Waals surface area contributed by atoms with Gasteiger partial charge in [-0.3, -0.25) is 0 Å². The van der Waals surface area contributed by atoms with Gasteiger partial charge in [0.2, 0.25) is 0 Å². The van der Waals surface area contributed by atoms with Crippen LogP contribution in [-0.4, -0.2) is 23.8 Å². The average molecular weight is 316 g/mol. The highest BCUT2D eigenvalue weighted by molar-refractivity contribution is 14.1. The van der Waals surface area contributed by atoms with E-state index in [1.807, 2.05) is 0 Å². The molecule has 1 N–H and O–H groups in total. The molecule has 0 aromatic carbocycles. The Morgan fingerprint density at radius 2 is 1.69 bits per heavy atom. The summed E-state index contributed by atoms with van der Waals surface area (Å²) < 4.78 is 58.9. The van der Waals surface area contributed by atoms with Crippen molar-refractivity contribution < 1.29 is 27.1 Å². The maximum absolute atomic E-state index is 12.2. The van der Waals surface area contributed by atoms with E-state index in [1.54, 1.807) is 0 Å². The third kappa shape index (κ3) is 4.21. The van der Waals surface area contributed by atoms with Gasteiger partial charge in [0.15, 0.2) is 0 Å². The van der Waals surface area contributed by atoms with Crippen molar-refractivity contribution in [1.82, 2.24) is 0 Å². The van der Waals surface area contributed by atoms with Gasteiger partial charge in [0.05, 0.1) is 0 Å². The molecule has 0 aliphatic heterocycles. The normalized spacial score (nSPS) is 14.8. The number of alkyl halides is 5. The Balaban J connectivity index is 4.57. The number of allylic oxidation sites excluding steroid dienone is 1. The maximum Gasteiger partial charge on any atom is 0.457 e. The van der Waals surface area contributed by atoms with E-state index in [2.05, 4.69) is 0 Å². The van der Waals surface area contributed by atoms with E-state index in [0.29, 0.717) is 0 Å². The third-order valence-electron chi connectivity index (χ3n) is 1.07. The summed E-state index contributed by atoms with van der Waals surface area (Å²) in [6.45, 7) is -0.456. The molecule has 0 heterocycles. The molecule has 0 spiro atoms. The van der Waals surface area contributed by atoms with Crippen LogP contribution < -0.4 is 0 Å². The van der Waals surface area contributed by atoms with Crippen molar-refractivity contribution >= 4 is 22.6 Å². The van der Waals surface area contributed by atoms with Crippen LogP contribution in [0.5, 0.6) is 0 Å². The molecule has 0 radical (unpaired) electrons. The Labute approximate surface area is 84.8 Å². The Kier molecular flexibility index (Phi) is 4.56. The third-order valence-corrected chi connectivity index (χ3v) is 1.92. The van der Waals surface area contributed by atoms with Gasteiger partial charge in [0, 0.05) is 19.1 Å². The molecule has 0 aliphatic carbocycles. The summed E-state index contributed by atoms with van der Waals surface area (Å²) in [5.74, 6) is -4.82. The lowest BCUT2D eigenvalue weighted by molar-refractivity contribution is -0.259. The van der Waals surface area contributed by atoms with Crippen LogP contribution in [0.2, 0.25) is 0 Å². The van der Waals surface area contributed by atoms with Crippen molar-refractivity contribution in [3.8, 4) is 0 Å². The van der Waals surface area contributed by atoms with Crippen LogP contribution in [0.15, 0.2) is 9.66 Å². The van der Waals surface area contributed by atoms with Crippen LogP contribution in [-0.2, 0) is 0 Å². The fourth-order valence-electron chi connectivity index (χ4n) is 0.458. The molecular weight excluding hydrogens is 310 g/mol. The molecule has 0 aromatic rings. The van der Waals surface area contributed by atoms with Gasteiger partial charge in [0.25, 0.3) is 0 Å². The lowest BCUT2D eigenvalue weighted by Gasteiger charge is -2.16. The summed E-state index contributed by atoms with van der Waals surface area (Å²) in [6.07, 6.45) is -5.96. The van der Waals surface area contributed by atoms with Gasteiger partial charge in [-0.05, 0) is 26.2 Å². The Morgan fingerprint density at radius 1 is 1.23 bits per heavy atom. The first-order valence-corrected chi connectivity index (χ1v) is 4.21. The number of hydrogen-bond acceptors (Lipinski definition) is 1. The Morgan fingerprint density at radius 3 is 2.00 bits per heavy atom. The molecule has 0 aliphatic rings. The van der Waals surface area contributed by atoms with Gasteiger partial charge < -0.3 is 5.11 Å². The van der Waals surface area contributed by atoms with Crippen molar-refractivity contribution in [2.45, 2.75) is 18.5 Å². The highest BCUT2D eigenvalue weighted by Gasteiger charge is 2.55. The zero-order chi connectivity index (χ0) is 10.7. The maximum atomic E-state index is 12.2. The first-order valence-electron chi connectivity index (χ1n) is 3.13. The van der Waals surface area contributed by atoms with Gasteiger partial charge in [-0.25, -0.2) is 0 Å². The molecule has 1 nitrogen and oxygen atoms in total. The van der Waals surface area contributed by atoms with E-state index in [1.165, 1.54) is 22.6 Å². The lowest BCUT2D eigenvalue weighted by Crippen LogP contribution is -2.34. The zero-order valence-corrected chi connectivity index (χ0v) is 8.36. The number of rotatable bonds is 3. The second kappa shape index (κ2) is 4.54. The largest absolute Gasteiger partial charge is 0.457 e. The van der Waals surface area contributed by atoms with E-state index in [4.69, 9.17) is 5.11 Å². The molecule has 0 unspecified atom stereocenters. The number of aliphatic hydroxyl groups excluding tert-OH is 1. The molecule has 0 atom stereocenters. The van der Waals surface area contributed by atoms with Crippen LogP contribution in [0, 0.1) is 0 Å². The van der Waals surface area contributed by atoms with Crippen molar-refractivity contribution in [1.29, 1.82) is 0 Å². The molecule has 78 valence electrons. The molecular formula is C6H6F5IO. The quantitative estimate of drug-likeness (QED) is 0.627. The predicted molar refractivity (Wildman–Crippen MR) is 44.8 cm³/mol. The topological polar surface area (TPSA) is 20.2 Å². The summed E-state index contributed by atoms with van der Waals surface area (Å²) in [4.78, 5) is 0. The first-order chi connectivity index (χ1) is 5.70. The average Bonchev–Trinajstić information content (AvgIpc) is 1.83. The fraction of sp³-hybridized carbons (Fsp3) is 0.667. The number of aliphatic hydroxyl groups is 1. The smallest absolute Gasteiger partial charge is 0.396 e. The van der Waals surface area contributed by atoms with Gasteiger partial charge in [-0.15, -0.1) is 0 Å². The Bertz CT molecular complexity index is 198. The molecule has 0 aromatic heterocycles. The number of halogens is 6. The van der Waals surface area contributed by atoms with Crippen molar-refractivity contribution in [3.05, 3.63) is 9.66 Å². The zero-order valence-electron chi connectivity index (χ0n) is 6.21. The van der Waals surface area contributed by atoms with Crippen LogP contribution >= 0.6 is 22.6 Å². The molecule has 0 fully saturated rings. The van der Waals surface area contributed by atoms with Crippen molar-refractivity contribution in [2.75, 3.05) is 6.61 Å². The minimum atomic E-state index is -5.57. The molecule has 0 rings (SSSR count). The summed E-state index contributed by atoms with van der Waals surface area (Å²) in [7, 11) is 0. The minimum Gasteiger partial charge on any atom is -0.396 e. The lowest BCUT2D eigenvalue weighted by atomic mass is 10.2. The van der Waals surface area contributed by atoms with E-state index < -0.39 is 18.7 Å². The molecule has 0 amide bonds. The predicted octanol–water partition coefficient (Wildman–Crippen LogP) is 2.89. The first kappa shape index (κ1) is 13.1. The highest BCUT2D eigenvalue weighted by atomic mass is 127. The standard InChI is InChI=1S/C6H6F5IO/c7-5(8,6(9,10)11)3-4(12)1-2-13/h3,13H,1-2H2. The van der Waals surface area contributed by atoms with Crippen molar-refractivity contribution in [3.63, 3.8) is 0 Å². The van der Waals surface area contributed by atoms with E-state index in [-0.39, 0.29) is 16.1 Å². The summed E-state index contributed by atoms with van der Waals surface area (Å²) in [6, 6.07) is 0. The molecule has 13 heavy (non-hydrogen) atoms. The monoisotopic (exact) mass is 316 g/mol. The summed E-state index contributed by atoms with van der Waals surface area (Å²) >= 11 is 1.33. The summed E-state index contributed by atoms with van der Waals surface area (Å²) in [5, 5.41) is 8.26. The van der Waals surface area contributed by atoms with Crippen LogP contribution in [0.1, 0.15) is 6.42 Å². The second-order valence-electron chi connectivity index (χ2n) is 2.19. The van der Waals surface area contributed by atoms with Crippen LogP contribution in [0.4, 0.5) is 22.0 Å². The van der Waals surface area contributed by atoms with E-state index in [0.717, 1.165) is 0 Å². The molecule has 7 heteroatoms. The van der Waals surface area contributed by atoms with Gasteiger partial charge >= 0.3 is 12.1 Å². The molecule has 0 bridgehead atoms. The van der Waals surface area contributed by atoms with Gasteiger partial charge in [0.1, 0.15) is 0 Å². The van der Waals surface area contributed by atoms with E-state index in [9.17, 15) is 22.0 Å². The Hall–Kier alpha value is 0.0800. The second-order valence-corrected chi connectivity index (χ2v) is 3.57. The van der Waals surface area contributed by atoms with Crippen LogP contribution in [0.3, 0.4) is 0 Å². The van der Waals surface area contributed by atoms with Gasteiger partial charge in [-0.2, -0.15) is 22.0 Å².